The predicted molar refractivity (Wildman–Crippen MR) is 71.0 cm³/mol. The van der Waals surface area contributed by atoms with Gasteiger partial charge in [-0.3, -0.25) is 4.79 Å². The molecule has 0 spiro atoms. The van der Waals surface area contributed by atoms with Crippen LogP contribution in [0, 0.1) is 0 Å². The molecule has 0 radical (unpaired) electrons. The van der Waals surface area contributed by atoms with Gasteiger partial charge in [0, 0.05) is 16.6 Å². The van der Waals surface area contributed by atoms with Crippen molar-refractivity contribution in [2.75, 3.05) is 6.54 Å². The van der Waals surface area contributed by atoms with Crippen molar-refractivity contribution in [2.45, 2.75) is 19.9 Å². The van der Waals surface area contributed by atoms with Gasteiger partial charge in [-0.1, -0.05) is 22.8 Å². The smallest absolute Gasteiger partial charge is 0.254 e. The van der Waals surface area contributed by atoms with Crippen LogP contribution in [0.15, 0.2) is 29.4 Å². The van der Waals surface area contributed by atoms with Crippen LogP contribution in [-0.2, 0) is 0 Å². The van der Waals surface area contributed by atoms with Crippen LogP contribution in [0.1, 0.15) is 24.2 Å². The van der Waals surface area contributed by atoms with Crippen LogP contribution in [0.4, 0.5) is 0 Å². The van der Waals surface area contributed by atoms with E-state index < -0.39 is 0 Å². The number of nitrogens with zero attached hydrogens (tertiary/aromatic N) is 2. The Morgan fingerprint density at radius 1 is 1.56 bits per heavy atom. The number of amidine groups is 1. The van der Waals surface area contributed by atoms with Crippen molar-refractivity contribution in [1.29, 1.82) is 0 Å². The monoisotopic (exact) mass is 269 g/mol. The summed E-state index contributed by atoms with van der Waals surface area (Å²) in [5, 5.41) is 11.9. The summed E-state index contributed by atoms with van der Waals surface area (Å²) in [6.07, 6.45) is 0. The summed E-state index contributed by atoms with van der Waals surface area (Å²) in [5.74, 6) is -0.224. The van der Waals surface area contributed by atoms with Gasteiger partial charge in [-0.05, 0) is 32.0 Å². The summed E-state index contributed by atoms with van der Waals surface area (Å²) in [6, 6.07) is 6.59. The third-order valence-electron chi connectivity index (χ3n) is 2.42. The summed E-state index contributed by atoms with van der Waals surface area (Å²) < 4.78 is 0. The third kappa shape index (κ3) is 3.63. The molecule has 1 rings (SSSR count). The van der Waals surface area contributed by atoms with Gasteiger partial charge in [-0.2, -0.15) is 0 Å². The number of hydrogen-bond donors (Lipinski definition) is 2. The van der Waals surface area contributed by atoms with Crippen molar-refractivity contribution in [2.24, 2.45) is 10.9 Å². The molecule has 0 aromatic heterocycles. The highest BCUT2D eigenvalue weighted by Crippen LogP contribution is 2.14. The van der Waals surface area contributed by atoms with Crippen molar-refractivity contribution in [1.82, 2.24) is 4.90 Å². The normalized spacial score (nSPS) is 11.7. The minimum atomic E-state index is -0.209. The van der Waals surface area contributed by atoms with Crippen LogP contribution < -0.4 is 5.73 Å². The number of amides is 1. The van der Waals surface area contributed by atoms with Gasteiger partial charge in [-0.15, -0.1) is 0 Å². The van der Waals surface area contributed by atoms with Crippen molar-refractivity contribution in [3.63, 3.8) is 0 Å². The maximum atomic E-state index is 12.3. The molecule has 6 heteroatoms. The molecule has 0 saturated heterocycles. The van der Waals surface area contributed by atoms with Crippen LogP contribution in [0.3, 0.4) is 0 Å². The van der Waals surface area contributed by atoms with Crippen LogP contribution in [0.2, 0.25) is 5.02 Å². The molecule has 1 aromatic carbocycles. The van der Waals surface area contributed by atoms with E-state index in [1.807, 2.05) is 13.8 Å². The second-order valence-electron chi connectivity index (χ2n) is 4.13. The average Bonchev–Trinajstić information content (AvgIpc) is 2.34. The average molecular weight is 270 g/mol. The van der Waals surface area contributed by atoms with Gasteiger partial charge in [0.1, 0.15) is 0 Å². The molecule has 0 saturated carbocycles. The molecular weight excluding hydrogens is 254 g/mol. The standard InChI is InChI=1S/C12H16ClN3O2/c1-8(2)16(7-11(14)15-18)12(17)9-4-3-5-10(13)6-9/h3-6,8,18H,7H2,1-2H3,(H2,14,15). The van der Waals surface area contributed by atoms with E-state index in [4.69, 9.17) is 22.5 Å². The molecule has 18 heavy (non-hydrogen) atoms. The van der Waals surface area contributed by atoms with E-state index in [0.29, 0.717) is 10.6 Å². The van der Waals surface area contributed by atoms with Gasteiger partial charge < -0.3 is 15.8 Å². The second kappa shape index (κ2) is 6.26. The van der Waals surface area contributed by atoms with E-state index in [1.54, 1.807) is 24.3 Å². The Bertz CT molecular complexity index is 460. The van der Waals surface area contributed by atoms with Gasteiger partial charge in [0.05, 0.1) is 6.54 Å². The van der Waals surface area contributed by atoms with Crippen LogP contribution in [-0.4, -0.2) is 34.4 Å². The number of benzene rings is 1. The molecule has 98 valence electrons. The second-order valence-corrected chi connectivity index (χ2v) is 4.56. The van der Waals surface area contributed by atoms with E-state index >= 15 is 0 Å². The number of nitrogens with two attached hydrogens (primary N) is 1. The first kappa shape index (κ1) is 14.3. The molecule has 0 aliphatic heterocycles. The van der Waals surface area contributed by atoms with Crippen LogP contribution in [0.5, 0.6) is 0 Å². The number of halogens is 1. The number of oxime groups is 1. The van der Waals surface area contributed by atoms with Gasteiger partial charge in [0.25, 0.3) is 5.91 Å². The van der Waals surface area contributed by atoms with E-state index in [2.05, 4.69) is 5.16 Å². The van der Waals surface area contributed by atoms with E-state index in [0.717, 1.165) is 0 Å². The first-order valence-corrected chi connectivity index (χ1v) is 5.86. The number of rotatable bonds is 4. The Morgan fingerprint density at radius 2 is 2.22 bits per heavy atom. The molecule has 3 N–H and O–H groups in total. The molecule has 0 atom stereocenters. The maximum absolute atomic E-state index is 12.3. The molecule has 0 aliphatic carbocycles. The predicted octanol–water partition coefficient (Wildman–Crippen LogP) is 1.94. The van der Waals surface area contributed by atoms with Crippen LogP contribution in [0.25, 0.3) is 0 Å². The van der Waals surface area contributed by atoms with E-state index in [1.165, 1.54) is 4.90 Å². The zero-order valence-corrected chi connectivity index (χ0v) is 11.1. The number of hydrogen-bond acceptors (Lipinski definition) is 3. The first-order chi connectivity index (χ1) is 8.45. The quantitative estimate of drug-likeness (QED) is 0.379. The molecular formula is C12H16ClN3O2. The fourth-order valence-electron chi connectivity index (χ4n) is 1.48. The largest absolute Gasteiger partial charge is 0.409 e. The first-order valence-electron chi connectivity index (χ1n) is 5.48. The SMILES string of the molecule is CC(C)N(CC(N)=NO)C(=O)c1cccc(Cl)c1. The summed E-state index contributed by atoms with van der Waals surface area (Å²) in [7, 11) is 0. The Labute approximate surface area is 111 Å². The van der Waals surface area contributed by atoms with Gasteiger partial charge >= 0.3 is 0 Å². The summed E-state index contributed by atoms with van der Waals surface area (Å²) in [6.45, 7) is 3.78. The van der Waals surface area contributed by atoms with Crippen molar-refractivity contribution >= 4 is 23.3 Å². The molecule has 0 fully saturated rings. The lowest BCUT2D eigenvalue weighted by Gasteiger charge is -2.26. The third-order valence-corrected chi connectivity index (χ3v) is 2.65. The molecule has 0 bridgehead atoms. The van der Waals surface area contributed by atoms with Crippen molar-refractivity contribution < 1.29 is 10.0 Å². The highest BCUT2D eigenvalue weighted by Gasteiger charge is 2.20. The lowest BCUT2D eigenvalue weighted by atomic mass is 10.1. The number of carbonyl (C=O) groups is 1. The Kier molecular flexibility index (Phi) is 4.97. The highest BCUT2D eigenvalue weighted by molar-refractivity contribution is 6.30. The van der Waals surface area contributed by atoms with Crippen molar-refractivity contribution in [3.05, 3.63) is 34.9 Å². The topological polar surface area (TPSA) is 78.9 Å². The van der Waals surface area contributed by atoms with Crippen LogP contribution >= 0.6 is 11.6 Å². The fraction of sp³-hybridized carbons (Fsp3) is 0.333. The molecule has 5 nitrogen and oxygen atoms in total. The minimum absolute atomic E-state index is 0.0147. The zero-order valence-electron chi connectivity index (χ0n) is 10.3. The number of carbonyl (C=O) groups excluding carboxylic acids is 1. The minimum Gasteiger partial charge on any atom is -0.409 e. The van der Waals surface area contributed by atoms with Crippen molar-refractivity contribution in [3.8, 4) is 0 Å². The molecule has 0 heterocycles. The van der Waals surface area contributed by atoms with Gasteiger partial charge in [0.15, 0.2) is 5.84 Å². The Balaban J connectivity index is 2.96. The summed E-state index contributed by atoms with van der Waals surface area (Å²) >= 11 is 5.85. The maximum Gasteiger partial charge on any atom is 0.254 e. The molecule has 0 unspecified atom stereocenters. The fourth-order valence-corrected chi connectivity index (χ4v) is 1.67. The lowest BCUT2D eigenvalue weighted by Crippen LogP contribution is -2.42. The molecule has 1 amide bonds. The Hall–Kier alpha value is -1.75. The highest BCUT2D eigenvalue weighted by atomic mass is 35.5. The lowest BCUT2D eigenvalue weighted by molar-refractivity contribution is 0.0734. The Morgan fingerprint density at radius 3 is 2.72 bits per heavy atom. The van der Waals surface area contributed by atoms with Gasteiger partial charge in [-0.25, -0.2) is 0 Å². The van der Waals surface area contributed by atoms with E-state index in [-0.39, 0.29) is 24.3 Å². The summed E-state index contributed by atoms with van der Waals surface area (Å²) in [4.78, 5) is 13.8. The van der Waals surface area contributed by atoms with E-state index in [9.17, 15) is 4.79 Å². The zero-order chi connectivity index (χ0) is 13.7. The molecule has 0 aliphatic rings. The summed E-state index contributed by atoms with van der Waals surface area (Å²) in [5.41, 5.74) is 5.91. The molecule has 1 aromatic rings. The van der Waals surface area contributed by atoms with Gasteiger partial charge in [0.2, 0.25) is 0 Å².